The lowest BCUT2D eigenvalue weighted by atomic mass is 10.2. The molecule has 1 amide bonds. The Morgan fingerprint density at radius 2 is 2.19 bits per heavy atom. The number of ether oxygens (including phenoxy) is 1. The van der Waals surface area contributed by atoms with Gasteiger partial charge in [0.15, 0.2) is 0 Å². The summed E-state index contributed by atoms with van der Waals surface area (Å²) in [6, 6.07) is 10.8. The van der Waals surface area contributed by atoms with Gasteiger partial charge in [0.1, 0.15) is 17.9 Å². The van der Waals surface area contributed by atoms with Crippen LogP contribution in [0.5, 0.6) is 11.6 Å². The molecular formula is C18H18BrN5O2. The first-order chi connectivity index (χ1) is 12.7. The SMILES string of the molecule is CCn1cnnc1CCNC(=O)c1ccc(Oc2cccc(Br)c2)nc1. The van der Waals surface area contributed by atoms with E-state index in [1.54, 1.807) is 18.5 Å². The third-order valence-electron chi connectivity index (χ3n) is 3.69. The summed E-state index contributed by atoms with van der Waals surface area (Å²) in [6.45, 7) is 3.31. The van der Waals surface area contributed by atoms with Gasteiger partial charge in [-0.15, -0.1) is 10.2 Å². The van der Waals surface area contributed by atoms with Gasteiger partial charge in [-0.25, -0.2) is 4.98 Å². The van der Waals surface area contributed by atoms with Crippen molar-refractivity contribution in [3.63, 3.8) is 0 Å². The number of halogens is 1. The Kier molecular flexibility index (Phi) is 5.96. The van der Waals surface area contributed by atoms with Crippen LogP contribution in [0.15, 0.2) is 53.4 Å². The highest BCUT2D eigenvalue weighted by atomic mass is 79.9. The van der Waals surface area contributed by atoms with Crippen molar-refractivity contribution >= 4 is 21.8 Å². The van der Waals surface area contributed by atoms with Gasteiger partial charge in [0, 0.05) is 36.2 Å². The number of nitrogens with one attached hydrogen (secondary N) is 1. The van der Waals surface area contributed by atoms with Crippen LogP contribution in [0.4, 0.5) is 0 Å². The highest BCUT2D eigenvalue weighted by Gasteiger charge is 2.08. The van der Waals surface area contributed by atoms with Crippen LogP contribution >= 0.6 is 15.9 Å². The van der Waals surface area contributed by atoms with Crippen molar-refractivity contribution in [2.24, 2.45) is 0 Å². The maximum absolute atomic E-state index is 12.2. The van der Waals surface area contributed by atoms with Crippen LogP contribution in [0.1, 0.15) is 23.1 Å². The number of carbonyl (C=O) groups is 1. The van der Waals surface area contributed by atoms with Gasteiger partial charge < -0.3 is 14.6 Å². The second kappa shape index (κ2) is 8.57. The minimum absolute atomic E-state index is 0.186. The maximum Gasteiger partial charge on any atom is 0.252 e. The van der Waals surface area contributed by atoms with E-state index in [0.717, 1.165) is 16.8 Å². The predicted octanol–water partition coefficient (Wildman–Crippen LogP) is 3.22. The highest BCUT2D eigenvalue weighted by molar-refractivity contribution is 9.10. The molecule has 8 heteroatoms. The molecule has 1 aromatic carbocycles. The van der Waals surface area contributed by atoms with Crippen LogP contribution in [0.3, 0.4) is 0 Å². The molecule has 0 saturated heterocycles. The second-order valence-corrected chi connectivity index (χ2v) is 6.40. The number of pyridine rings is 1. The zero-order chi connectivity index (χ0) is 18.4. The van der Waals surface area contributed by atoms with Gasteiger partial charge in [-0.3, -0.25) is 4.79 Å². The number of hydrogen-bond acceptors (Lipinski definition) is 5. The summed E-state index contributed by atoms with van der Waals surface area (Å²) in [6.07, 6.45) is 3.80. The molecule has 2 heterocycles. The van der Waals surface area contributed by atoms with E-state index >= 15 is 0 Å². The Balaban J connectivity index is 1.53. The Morgan fingerprint density at radius 1 is 1.31 bits per heavy atom. The molecule has 0 fully saturated rings. The number of amides is 1. The fraction of sp³-hybridized carbons (Fsp3) is 0.222. The van der Waals surface area contributed by atoms with E-state index < -0.39 is 0 Å². The van der Waals surface area contributed by atoms with Gasteiger partial charge in [0.25, 0.3) is 5.91 Å². The van der Waals surface area contributed by atoms with Crippen molar-refractivity contribution in [3.05, 3.63) is 64.8 Å². The smallest absolute Gasteiger partial charge is 0.252 e. The molecule has 0 saturated carbocycles. The number of aromatic nitrogens is 4. The molecule has 0 aliphatic heterocycles. The van der Waals surface area contributed by atoms with Crippen molar-refractivity contribution < 1.29 is 9.53 Å². The van der Waals surface area contributed by atoms with Gasteiger partial charge in [-0.1, -0.05) is 22.0 Å². The maximum atomic E-state index is 12.2. The van der Waals surface area contributed by atoms with Crippen molar-refractivity contribution in [3.8, 4) is 11.6 Å². The summed E-state index contributed by atoms with van der Waals surface area (Å²) in [5.74, 6) is 1.76. The Hall–Kier alpha value is -2.74. The molecule has 3 aromatic rings. The van der Waals surface area contributed by atoms with Crippen LogP contribution in [-0.2, 0) is 13.0 Å². The van der Waals surface area contributed by atoms with Crippen molar-refractivity contribution in [2.45, 2.75) is 19.9 Å². The van der Waals surface area contributed by atoms with Crippen molar-refractivity contribution in [1.29, 1.82) is 0 Å². The van der Waals surface area contributed by atoms with Crippen LogP contribution in [0.2, 0.25) is 0 Å². The van der Waals surface area contributed by atoms with Crippen LogP contribution < -0.4 is 10.1 Å². The molecule has 0 radical (unpaired) electrons. The van der Waals surface area contributed by atoms with E-state index in [1.807, 2.05) is 35.8 Å². The number of hydrogen-bond donors (Lipinski definition) is 1. The lowest BCUT2D eigenvalue weighted by Crippen LogP contribution is -2.26. The summed E-state index contributed by atoms with van der Waals surface area (Å²) in [7, 11) is 0. The van der Waals surface area contributed by atoms with Crippen LogP contribution in [0, 0.1) is 0 Å². The lowest BCUT2D eigenvalue weighted by Gasteiger charge is -2.07. The molecule has 3 rings (SSSR count). The first-order valence-corrected chi connectivity index (χ1v) is 8.99. The Labute approximate surface area is 159 Å². The number of rotatable bonds is 7. The van der Waals surface area contributed by atoms with Gasteiger partial charge in [-0.05, 0) is 31.2 Å². The molecule has 134 valence electrons. The standard InChI is InChI=1S/C18H18BrN5O2/c1-2-24-12-22-23-16(24)8-9-20-18(25)13-6-7-17(21-11-13)26-15-5-3-4-14(19)10-15/h3-7,10-12H,2,8-9H2,1H3,(H,20,25). The minimum Gasteiger partial charge on any atom is -0.439 e. The number of benzene rings is 1. The number of carbonyl (C=O) groups excluding carboxylic acids is 1. The quantitative estimate of drug-likeness (QED) is 0.640. The average molecular weight is 416 g/mol. The number of aryl methyl sites for hydroxylation is 1. The van der Waals surface area contributed by atoms with Gasteiger partial charge in [0.2, 0.25) is 5.88 Å². The third kappa shape index (κ3) is 4.66. The Bertz CT molecular complexity index is 879. The fourth-order valence-corrected chi connectivity index (χ4v) is 2.73. The molecule has 0 spiro atoms. The lowest BCUT2D eigenvalue weighted by molar-refractivity contribution is 0.0953. The fourth-order valence-electron chi connectivity index (χ4n) is 2.35. The summed E-state index contributed by atoms with van der Waals surface area (Å²) in [5.41, 5.74) is 0.476. The zero-order valence-corrected chi connectivity index (χ0v) is 15.8. The average Bonchev–Trinajstić information content (AvgIpc) is 3.10. The zero-order valence-electron chi connectivity index (χ0n) is 14.2. The van der Waals surface area contributed by atoms with E-state index in [2.05, 4.69) is 36.4 Å². The molecule has 0 unspecified atom stereocenters. The molecular weight excluding hydrogens is 398 g/mol. The Morgan fingerprint density at radius 3 is 2.92 bits per heavy atom. The monoisotopic (exact) mass is 415 g/mol. The normalized spacial score (nSPS) is 10.5. The van der Waals surface area contributed by atoms with Gasteiger partial charge in [0.05, 0.1) is 5.56 Å². The summed E-state index contributed by atoms with van der Waals surface area (Å²) in [4.78, 5) is 16.4. The third-order valence-corrected chi connectivity index (χ3v) is 4.18. The molecule has 0 aliphatic carbocycles. The topological polar surface area (TPSA) is 81.9 Å². The highest BCUT2D eigenvalue weighted by Crippen LogP contribution is 2.22. The van der Waals surface area contributed by atoms with E-state index in [0.29, 0.717) is 30.2 Å². The van der Waals surface area contributed by atoms with Crippen molar-refractivity contribution in [1.82, 2.24) is 25.1 Å². The molecule has 2 aromatic heterocycles. The van der Waals surface area contributed by atoms with Gasteiger partial charge in [-0.2, -0.15) is 0 Å². The van der Waals surface area contributed by atoms with Crippen molar-refractivity contribution in [2.75, 3.05) is 6.54 Å². The molecule has 0 atom stereocenters. The summed E-state index contributed by atoms with van der Waals surface area (Å²) >= 11 is 3.39. The molecule has 7 nitrogen and oxygen atoms in total. The molecule has 0 bridgehead atoms. The second-order valence-electron chi connectivity index (χ2n) is 5.48. The van der Waals surface area contributed by atoms with E-state index in [1.165, 1.54) is 6.20 Å². The molecule has 26 heavy (non-hydrogen) atoms. The first-order valence-electron chi connectivity index (χ1n) is 8.20. The largest absolute Gasteiger partial charge is 0.439 e. The first kappa shape index (κ1) is 18.1. The van der Waals surface area contributed by atoms with Crippen LogP contribution in [0.25, 0.3) is 0 Å². The molecule has 0 aliphatic rings. The summed E-state index contributed by atoms with van der Waals surface area (Å²) < 4.78 is 8.53. The van der Waals surface area contributed by atoms with E-state index in [4.69, 9.17) is 4.74 Å². The minimum atomic E-state index is -0.186. The molecule has 1 N–H and O–H groups in total. The van der Waals surface area contributed by atoms with Gasteiger partial charge >= 0.3 is 0 Å². The van der Waals surface area contributed by atoms with E-state index in [-0.39, 0.29) is 5.91 Å². The van der Waals surface area contributed by atoms with E-state index in [9.17, 15) is 4.79 Å². The number of nitrogens with zero attached hydrogens (tertiary/aromatic N) is 4. The summed E-state index contributed by atoms with van der Waals surface area (Å²) in [5, 5.41) is 10.8. The predicted molar refractivity (Wildman–Crippen MR) is 100 cm³/mol. The van der Waals surface area contributed by atoms with Crippen LogP contribution in [-0.4, -0.2) is 32.2 Å².